The number of hydrogen-bond donors (Lipinski definition) is 3. The van der Waals surface area contributed by atoms with E-state index in [4.69, 9.17) is 14.9 Å². The van der Waals surface area contributed by atoms with E-state index in [-0.39, 0.29) is 25.7 Å². The number of ether oxygens (including phenoxy) is 1. The summed E-state index contributed by atoms with van der Waals surface area (Å²) >= 11 is 0. The molecule has 0 bridgehead atoms. The summed E-state index contributed by atoms with van der Waals surface area (Å²) in [6.07, 6.45) is 0.820. The minimum absolute atomic E-state index is 0.0329. The summed E-state index contributed by atoms with van der Waals surface area (Å²) in [5.74, 6) is 0. The summed E-state index contributed by atoms with van der Waals surface area (Å²) in [4.78, 5) is 0. The highest BCUT2D eigenvalue weighted by molar-refractivity contribution is 4.69. The maximum Gasteiger partial charge on any atom is 0.107 e. The van der Waals surface area contributed by atoms with Gasteiger partial charge in [-0.15, -0.1) is 0 Å². The molecule has 14 heavy (non-hydrogen) atoms. The molecule has 0 saturated carbocycles. The molecule has 0 aromatic carbocycles. The van der Waals surface area contributed by atoms with E-state index in [1.54, 1.807) is 0 Å². The summed E-state index contributed by atoms with van der Waals surface area (Å²) in [6, 6.07) is 0. The standard InChI is InChI=1S/C10H22O4/c1-3-4-8(2)14-10(7-12)9(13)5-6-11/h8-13H,3-7H2,1-2H3/t8?,9-,10+/m0/s1. The van der Waals surface area contributed by atoms with E-state index in [2.05, 4.69) is 6.92 Å². The number of hydrogen-bond acceptors (Lipinski definition) is 4. The van der Waals surface area contributed by atoms with E-state index in [9.17, 15) is 5.11 Å². The van der Waals surface area contributed by atoms with Crippen LogP contribution in [0.4, 0.5) is 0 Å². The Labute approximate surface area is 85.5 Å². The van der Waals surface area contributed by atoms with Crippen LogP contribution in [-0.2, 0) is 4.74 Å². The van der Waals surface area contributed by atoms with Crippen LogP contribution in [0.15, 0.2) is 0 Å². The lowest BCUT2D eigenvalue weighted by molar-refractivity contribution is -0.0988. The van der Waals surface area contributed by atoms with Crippen LogP contribution >= 0.6 is 0 Å². The zero-order valence-electron chi connectivity index (χ0n) is 9.02. The Hall–Kier alpha value is -0.160. The fourth-order valence-corrected chi connectivity index (χ4v) is 1.35. The third-order valence-corrected chi connectivity index (χ3v) is 2.14. The van der Waals surface area contributed by atoms with E-state index >= 15 is 0 Å². The summed E-state index contributed by atoms with van der Waals surface area (Å²) < 4.78 is 5.44. The molecular formula is C10H22O4. The van der Waals surface area contributed by atoms with Crippen molar-refractivity contribution in [2.24, 2.45) is 0 Å². The summed E-state index contributed by atoms with van der Waals surface area (Å²) in [7, 11) is 0. The Morgan fingerprint density at radius 3 is 2.29 bits per heavy atom. The molecule has 0 saturated heterocycles. The fraction of sp³-hybridized carbons (Fsp3) is 1.00. The molecule has 1 unspecified atom stereocenters. The van der Waals surface area contributed by atoms with Gasteiger partial charge < -0.3 is 20.1 Å². The molecule has 0 rings (SSSR count). The van der Waals surface area contributed by atoms with Crippen molar-refractivity contribution in [3.63, 3.8) is 0 Å². The molecule has 0 spiro atoms. The summed E-state index contributed by atoms with van der Waals surface area (Å²) in [5, 5.41) is 27.1. The Kier molecular flexibility index (Phi) is 8.08. The smallest absolute Gasteiger partial charge is 0.107 e. The maximum absolute atomic E-state index is 9.48. The van der Waals surface area contributed by atoms with E-state index in [0.29, 0.717) is 0 Å². The van der Waals surface area contributed by atoms with Crippen LogP contribution in [0.5, 0.6) is 0 Å². The second-order valence-electron chi connectivity index (χ2n) is 3.54. The molecule has 0 aromatic heterocycles. The van der Waals surface area contributed by atoms with Gasteiger partial charge in [0, 0.05) is 6.61 Å². The van der Waals surface area contributed by atoms with Gasteiger partial charge in [-0.05, 0) is 19.8 Å². The van der Waals surface area contributed by atoms with Crippen molar-refractivity contribution in [3.05, 3.63) is 0 Å². The van der Waals surface area contributed by atoms with E-state index in [0.717, 1.165) is 12.8 Å². The minimum Gasteiger partial charge on any atom is -0.396 e. The van der Waals surface area contributed by atoms with E-state index in [1.165, 1.54) is 0 Å². The van der Waals surface area contributed by atoms with E-state index in [1.807, 2.05) is 6.92 Å². The highest BCUT2D eigenvalue weighted by atomic mass is 16.5. The Balaban J connectivity index is 3.87. The average Bonchev–Trinajstić information content (AvgIpc) is 2.15. The predicted molar refractivity (Wildman–Crippen MR) is 54.0 cm³/mol. The van der Waals surface area contributed by atoms with Crippen molar-refractivity contribution in [2.75, 3.05) is 13.2 Å². The van der Waals surface area contributed by atoms with Crippen LogP contribution in [0, 0.1) is 0 Å². The molecule has 86 valence electrons. The average molecular weight is 206 g/mol. The van der Waals surface area contributed by atoms with E-state index < -0.39 is 12.2 Å². The monoisotopic (exact) mass is 206 g/mol. The Morgan fingerprint density at radius 2 is 1.86 bits per heavy atom. The lowest BCUT2D eigenvalue weighted by atomic mass is 10.1. The Morgan fingerprint density at radius 1 is 1.21 bits per heavy atom. The zero-order chi connectivity index (χ0) is 11.0. The van der Waals surface area contributed by atoms with Crippen LogP contribution in [0.2, 0.25) is 0 Å². The van der Waals surface area contributed by atoms with Crippen molar-refractivity contribution in [3.8, 4) is 0 Å². The van der Waals surface area contributed by atoms with Gasteiger partial charge in [0.15, 0.2) is 0 Å². The largest absolute Gasteiger partial charge is 0.396 e. The van der Waals surface area contributed by atoms with Gasteiger partial charge in [-0.25, -0.2) is 0 Å². The number of rotatable bonds is 8. The van der Waals surface area contributed by atoms with Gasteiger partial charge in [0.1, 0.15) is 6.10 Å². The van der Waals surface area contributed by atoms with Crippen LogP contribution < -0.4 is 0 Å². The first-order chi connectivity index (χ1) is 6.65. The first kappa shape index (κ1) is 13.8. The molecule has 0 aromatic rings. The molecular weight excluding hydrogens is 184 g/mol. The Bertz CT molecular complexity index is 129. The molecule has 0 aliphatic heterocycles. The third kappa shape index (κ3) is 5.54. The number of aliphatic hydroxyl groups is 3. The molecule has 0 aliphatic rings. The second-order valence-corrected chi connectivity index (χ2v) is 3.54. The summed E-state index contributed by atoms with van der Waals surface area (Å²) in [6.45, 7) is 3.66. The maximum atomic E-state index is 9.48. The quantitative estimate of drug-likeness (QED) is 0.534. The van der Waals surface area contributed by atoms with Crippen molar-refractivity contribution >= 4 is 0 Å². The normalized spacial score (nSPS) is 17.8. The third-order valence-electron chi connectivity index (χ3n) is 2.14. The first-order valence-electron chi connectivity index (χ1n) is 5.20. The zero-order valence-corrected chi connectivity index (χ0v) is 9.02. The van der Waals surface area contributed by atoms with Gasteiger partial charge in [0.25, 0.3) is 0 Å². The van der Waals surface area contributed by atoms with Crippen LogP contribution in [-0.4, -0.2) is 46.8 Å². The van der Waals surface area contributed by atoms with Crippen LogP contribution in [0.25, 0.3) is 0 Å². The summed E-state index contributed by atoms with van der Waals surface area (Å²) in [5.41, 5.74) is 0. The van der Waals surface area contributed by atoms with Crippen molar-refractivity contribution in [1.82, 2.24) is 0 Å². The fourth-order valence-electron chi connectivity index (χ4n) is 1.35. The van der Waals surface area contributed by atoms with Crippen LogP contribution in [0.1, 0.15) is 33.1 Å². The lowest BCUT2D eigenvalue weighted by Crippen LogP contribution is -2.35. The predicted octanol–water partition coefficient (Wildman–Crippen LogP) is 0.296. The molecule has 0 heterocycles. The molecule has 0 fully saturated rings. The topological polar surface area (TPSA) is 69.9 Å². The highest BCUT2D eigenvalue weighted by Crippen LogP contribution is 2.09. The van der Waals surface area contributed by atoms with Crippen molar-refractivity contribution in [2.45, 2.75) is 51.4 Å². The minimum atomic E-state index is -0.788. The highest BCUT2D eigenvalue weighted by Gasteiger charge is 2.20. The SMILES string of the molecule is CCCC(C)O[C@H](CO)[C@@H](O)CCO. The van der Waals surface area contributed by atoms with Crippen molar-refractivity contribution in [1.29, 1.82) is 0 Å². The lowest BCUT2D eigenvalue weighted by Gasteiger charge is -2.24. The van der Waals surface area contributed by atoms with Gasteiger partial charge in [0.2, 0.25) is 0 Å². The molecule has 4 nitrogen and oxygen atoms in total. The molecule has 4 heteroatoms. The number of aliphatic hydroxyl groups excluding tert-OH is 3. The van der Waals surface area contributed by atoms with Crippen LogP contribution in [0.3, 0.4) is 0 Å². The van der Waals surface area contributed by atoms with Gasteiger partial charge in [-0.1, -0.05) is 13.3 Å². The molecule has 3 atom stereocenters. The van der Waals surface area contributed by atoms with Crippen molar-refractivity contribution < 1.29 is 20.1 Å². The first-order valence-corrected chi connectivity index (χ1v) is 5.20. The van der Waals surface area contributed by atoms with Gasteiger partial charge in [-0.3, -0.25) is 0 Å². The molecule has 3 N–H and O–H groups in total. The van der Waals surface area contributed by atoms with Gasteiger partial charge >= 0.3 is 0 Å². The molecule has 0 aliphatic carbocycles. The molecule has 0 radical (unpaired) electrons. The second kappa shape index (κ2) is 8.17. The molecule has 0 amide bonds. The van der Waals surface area contributed by atoms with Gasteiger partial charge in [-0.2, -0.15) is 0 Å². The van der Waals surface area contributed by atoms with Gasteiger partial charge in [0.05, 0.1) is 18.8 Å².